The van der Waals surface area contributed by atoms with E-state index in [-0.39, 0.29) is 19.1 Å². The molecule has 0 aliphatic carbocycles. The standard InChI is InChI=1S/C26H24N2O3/c29-25(20-31-24-14-8-3-9-15-24)30-17-16-28-19-23(18-27-28)26(21-10-4-1-5-11-21)22-12-6-2-7-13-22/h1-15,18-19,26H,16-17,20H2. The summed E-state index contributed by atoms with van der Waals surface area (Å²) in [5, 5.41) is 4.47. The summed E-state index contributed by atoms with van der Waals surface area (Å²) in [6, 6.07) is 29.9. The first-order chi connectivity index (χ1) is 15.3. The number of carbonyl (C=O) groups is 1. The summed E-state index contributed by atoms with van der Waals surface area (Å²) < 4.78 is 12.5. The quantitative estimate of drug-likeness (QED) is 0.375. The molecule has 0 N–H and O–H groups in total. The predicted octanol–water partition coefficient (Wildman–Crippen LogP) is 4.69. The molecule has 0 aliphatic rings. The molecule has 0 bridgehead atoms. The average molecular weight is 412 g/mol. The van der Waals surface area contributed by atoms with Crippen molar-refractivity contribution in [3.63, 3.8) is 0 Å². The van der Waals surface area contributed by atoms with Crippen molar-refractivity contribution in [3.8, 4) is 5.75 Å². The molecule has 0 fully saturated rings. The normalized spacial score (nSPS) is 10.7. The molecule has 0 saturated heterocycles. The molecule has 0 atom stereocenters. The molecule has 0 spiro atoms. The molecule has 0 aliphatic heterocycles. The second kappa shape index (κ2) is 10.3. The first-order valence-corrected chi connectivity index (χ1v) is 10.3. The van der Waals surface area contributed by atoms with Crippen LogP contribution in [0.3, 0.4) is 0 Å². The number of carbonyl (C=O) groups excluding carboxylic acids is 1. The number of ether oxygens (including phenoxy) is 2. The smallest absolute Gasteiger partial charge is 0.344 e. The zero-order valence-corrected chi connectivity index (χ0v) is 17.1. The molecule has 5 heteroatoms. The van der Waals surface area contributed by atoms with Gasteiger partial charge in [0.15, 0.2) is 6.61 Å². The highest BCUT2D eigenvalue weighted by atomic mass is 16.6. The number of nitrogens with zero attached hydrogens (tertiary/aromatic N) is 2. The molecule has 156 valence electrons. The lowest BCUT2D eigenvalue weighted by atomic mass is 9.87. The second-order valence-corrected chi connectivity index (χ2v) is 7.11. The van der Waals surface area contributed by atoms with E-state index >= 15 is 0 Å². The van der Waals surface area contributed by atoms with Crippen molar-refractivity contribution in [2.45, 2.75) is 12.5 Å². The maximum Gasteiger partial charge on any atom is 0.344 e. The number of esters is 1. The SMILES string of the molecule is O=C(COc1ccccc1)OCCn1cc(C(c2ccccc2)c2ccccc2)cn1. The number of rotatable bonds is 9. The van der Waals surface area contributed by atoms with Gasteiger partial charge in [-0.1, -0.05) is 78.9 Å². The highest BCUT2D eigenvalue weighted by Crippen LogP contribution is 2.31. The van der Waals surface area contributed by atoms with Gasteiger partial charge in [0.1, 0.15) is 12.4 Å². The van der Waals surface area contributed by atoms with Gasteiger partial charge in [-0.15, -0.1) is 0 Å². The fourth-order valence-corrected chi connectivity index (χ4v) is 3.47. The summed E-state index contributed by atoms with van der Waals surface area (Å²) in [6.45, 7) is 0.602. The third kappa shape index (κ3) is 5.60. The highest BCUT2D eigenvalue weighted by Gasteiger charge is 2.18. The number of para-hydroxylation sites is 1. The lowest BCUT2D eigenvalue weighted by Gasteiger charge is -2.16. The van der Waals surface area contributed by atoms with E-state index in [0.717, 1.165) is 5.56 Å². The number of aromatic nitrogens is 2. The molecule has 5 nitrogen and oxygen atoms in total. The van der Waals surface area contributed by atoms with Gasteiger partial charge >= 0.3 is 5.97 Å². The molecule has 31 heavy (non-hydrogen) atoms. The van der Waals surface area contributed by atoms with E-state index in [1.165, 1.54) is 11.1 Å². The number of hydrogen-bond acceptors (Lipinski definition) is 4. The van der Waals surface area contributed by atoms with Crippen LogP contribution in [0.2, 0.25) is 0 Å². The zero-order chi connectivity index (χ0) is 21.3. The Bertz CT molecular complexity index is 1040. The van der Waals surface area contributed by atoms with Crippen molar-refractivity contribution >= 4 is 5.97 Å². The molecule has 0 radical (unpaired) electrons. The van der Waals surface area contributed by atoms with Gasteiger partial charge in [-0.2, -0.15) is 5.10 Å². The maximum absolute atomic E-state index is 11.9. The van der Waals surface area contributed by atoms with Crippen LogP contribution >= 0.6 is 0 Å². The summed E-state index contributed by atoms with van der Waals surface area (Å²) in [4.78, 5) is 11.9. The van der Waals surface area contributed by atoms with Crippen molar-refractivity contribution in [1.82, 2.24) is 9.78 Å². The minimum Gasteiger partial charge on any atom is -0.482 e. The summed E-state index contributed by atoms with van der Waals surface area (Å²) in [6.07, 6.45) is 3.89. The van der Waals surface area contributed by atoms with E-state index in [0.29, 0.717) is 12.3 Å². The summed E-state index contributed by atoms with van der Waals surface area (Å²) >= 11 is 0. The third-order valence-corrected chi connectivity index (χ3v) is 4.94. The van der Waals surface area contributed by atoms with Crippen LogP contribution in [-0.2, 0) is 16.1 Å². The third-order valence-electron chi connectivity index (χ3n) is 4.94. The molecule has 0 amide bonds. The van der Waals surface area contributed by atoms with Gasteiger partial charge in [-0.05, 0) is 23.3 Å². The van der Waals surface area contributed by atoms with Crippen molar-refractivity contribution in [1.29, 1.82) is 0 Å². The van der Waals surface area contributed by atoms with Gasteiger partial charge < -0.3 is 9.47 Å². The summed E-state index contributed by atoms with van der Waals surface area (Å²) in [5.41, 5.74) is 3.51. The van der Waals surface area contributed by atoms with Gasteiger partial charge in [-0.3, -0.25) is 4.68 Å². The van der Waals surface area contributed by atoms with Crippen LogP contribution in [0, 0.1) is 0 Å². The van der Waals surface area contributed by atoms with Gasteiger partial charge in [0.25, 0.3) is 0 Å². The first-order valence-electron chi connectivity index (χ1n) is 10.3. The van der Waals surface area contributed by atoms with Crippen molar-refractivity contribution < 1.29 is 14.3 Å². The Kier molecular flexibility index (Phi) is 6.75. The summed E-state index contributed by atoms with van der Waals surface area (Å²) in [7, 11) is 0. The second-order valence-electron chi connectivity index (χ2n) is 7.11. The van der Waals surface area contributed by atoms with Crippen molar-refractivity contribution in [2.24, 2.45) is 0 Å². The average Bonchev–Trinajstić information content (AvgIpc) is 3.28. The fourth-order valence-electron chi connectivity index (χ4n) is 3.47. The Labute approximate surface area is 181 Å². The topological polar surface area (TPSA) is 53.4 Å². The van der Waals surface area contributed by atoms with Crippen LogP contribution in [0.1, 0.15) is 22.6 Å². The minimum atomic E-state index is -0.400. The van der Waals surface area contributed by atoms with E-state index in [1.54, 1.807) is 16.8 Å². The molecule has 0 unspecified atom stereocenters. The number of hydrogen-bond donors (Lipinski definition) is 0. The van der Waals surface area contributed by atoms with E-state index in [1.807, 2.05) is 67.0 Å². The Balaban J connectivity index is 1.36. The van der Waals surface area contributed by atoms with E-state index in [4.69, 9.17) is 9.47 Å². The molecular formula is C26H24N2O3. The van der Waals surface area contributed by atoms with Crippen LogP contribution in [-0.4, -0.2) is 29.0 Å². The van der Waals surface area contributed by atoms with E-state index in [9.17, 15) is 4.79 Å². The van der Waals surface area contributed by atoms with Gasteiger partial charge in [-0.25, -0.2) is 4.79 Å². The minimum absolute atomic E-state index is 0.0953. The molecule has 0 saturated carbocycles. The predicted molar refractivity (Wildman–Crippen MR) is 119 cm³/mol. The van der Waals surface area contributed by atoms with Crippen LogP contribution in [0.5, 0.6) is 5.75 Å². The Morgan fingerprint density at radius 2 is 1.39 bits per heavy atom. The van der Waals surface area contributed by atoms with Crippen LogP contribution in [0.4, 0.5) is 0 Å². The zero-order valence-electron chi connectivity index (χ0n) is 17.1. The monoisotopic (exact) mass is 412 g/mol. The number of benzene rings is 3. The Morgan fingerprint density at radius 3 is 2.00 bits per heavy atom. The van der Waals surface area contributed by atoms with Gasteiger partial charge in [0.05, 0.1) is 12.7 Å². The Morgan fingerprint density at radius 1 is 0.806 bits per heavy atom. The molecular weight excluding hydrogens is 388 g/mol. The lowest BCUT2D eigenvalue weighted by molar-refractivity contribution is -0.146. The maximum atomic E-state index is 11.9. The van der Waals surface area contributed by atoms with Crippen molar-refractivity contribution in [3.05, 3.63) is 120 Å². The first kappa shape index (κ1) is 20.4. The van der Waals surface area contributed by atoms with E-state index < -0.39 is 5.97 Å². The van der Waals surface area contributed by atoms with E-state index in [2.05, 4.69) is 29.4 Å². The van der Waals surface area contributed by atoms with Gasteiger partial charge in [0, 0.05) is 17.7 Å². The molecule has 1 aromatic heterocycles. The fraction of sp³-hybridized carbons (Fsp3) is 0.154. The Hall–Kier alpha value is -3.86. The largest absolute Gasteiger partial charge is 0.482 e. The molecule has 3 aromatic carbocycles. The lowest BCUT2D eigenvalue weighted by Crippen LogP contribution is -2.17. The van der Waals surface area contributed by atoms with Crippen LogP contribution in [0.25, 0.3) is 0 Å². The van der Waals surface area contributed by atoms with Gasteiger partial charge in [0.2, 0.25) is 0 Å². The molecule has 1 heterocycles. The van der Waals surface area contributed by atoms with Crippen LogP contribution < -0.4 is 4.74 Å². The van der Waals surface area contributed by atoms with Crippen LogP contribution in [0.15, 0.2) is 103 Å². The van der Waals surface area contributed by atoms with Crippen molar-refractivity contribution in [2.75, 3.05) is 13.2 Å². The highest BCUT2D eigenvalue weighted by molar-refractivity contribution is 5.71. The molecule has 4 aromatic rings. The molecule has 4 rings (SSSR count). The summed E-state index contributed by atoms with van der Waals surface area (Å²) in [5.74, 6) is 0.338.